The van der Waals surface area contributed by atoms with E-state index in [1.807, 2.05) is 0 Å². The van der Waals surface area contributed by atoms with Crippen LogP contribution in [0.5, 0.6) is 0 Å². The quantitative estimate of drug-likeness (QED) is 0.159. The number of rotatable bonds is 4. The fraction of sp³-hybridized carbons (Fsp3) is 0.545. The first kappa shape index (κ1) is 32.1. The van der Waals surface area contributed by atoms with E-state index in [9.17, 15) is 24.1 Å². The fourth-order valence-electron chi connectivity index (χ4n) is 5.47. The van der Waals surface area contributed by atoms with Crippen molar-refractivity contribution in [2.45, 2.75) is 49.1 Å². The minimum Gasteiger partial charge on any atom is -0.387 e. The summed E-state index contributed by atoms with van der Waals surface area (Å²) in [5.41, 5.74) is 11.2. The van der Waals surface area contributed by atoms with Crippen molar-refractivity contribution in [2.24, 2.45) is 0 Å². The Balaban J connectivity index is 1.24. The largest absolute Gasteiger partial charge is 0.475 e. The Labute approximate surface area is 262 Å². The Kier molecular flexibility index (Phi) is 8.14. The molecule has 25 heteroatoms. The molecule has 3 saturated heterocycles. The molecule has 0 aromatic carbocycles. The third kappa shape index (κ3) is 5.53. The molecule has 254 valence electrons. The van der Waals surface area contributed by atoms with Gasteiger partial charge in [0.15, 0.2) is 35.1 Å². The molecule has 0 amide bonds. The molecule has 0 radical (unpaired) electrons. The average molecular weight is 702 g/mol. The number of nitrogen functional groups attached to an aromatic ring is 2. The molecule has 4 unspecified atom stereocenters. The molecule has 47 heavy (non-hydrogen) atoms. The SMILES string of the molecule is COP1(=O)OC[C@H]2O[C@@H](n3cnc4c(N)ncnc43)[C@@H](OP(=O)(OC)OC[C@H]3O[C@@H](n4cnc5c(=O)[nH]c(N)nc54)[C@@H](O)C3O1)C2O. The molecule has 3 aliphatic rings. The van der Waals surface area contributed by atoms with Gasteiger partial charge in [-0.2, -0.15) is 4.98 Å². The van der Waals surface area contributed by atoms with Gasteiger partial charge in [-0.1, -0.05) is 0 Å². The maximum atomic E-state index is 13.9. The lowest BCUT2D eigenvalue weighted by Gasteiger charge is -2.27. The minimum atomic E-state index is -4.58. The van der Waals surface area contributed by atoms with Crippen molar-refractivity contribution in [2.75, 3.05) is 38.9 Å². The number of aliphatic hydroxyl groups excluding tert-OH is 2. The van der Waals surface area contributed by atoms with Crippen LogP contribution in [0.3, 0.4) is 0 Å². The normalized spacial score (nSPS) is 36.6. The molecule has 4 aromatic heterocycles. The van der Waals surface area contributed by atoms with Crippen LogP contribution in [-0.2, 0) is 45.7 Å². The van der Waals surface area contributed by atoms with Gasteiger partial charge in [0.25, 0.3) is 5.56 Å². The zero-order chi connectivity index (χ0) is 33.2. The van der Waals surface area contributed by atoms with E-state index in [2.05, 4.69) is 29.9 Å². The van der Waals surface area contributed by atoms with Gasteiger partial charge in [-0.25, -0.2) is 29.1 Å². The highest BCUT2D eigenvalue weighted by Crippen LogP contribution is 2.57. The van der Waals surface area contributed by atoms with Crippen molar-refractivity contribution in [3.63, 3.8) is 0 Å². The summed E-state index contributed by atoms with van der Waals surface area (Å²) in [6.07, 6.45) is -7.88. The lowest BCUT2D eigenvalue weighted by Crippen LogP contribution is -2.36. The Bertz CT molecular complexity index is 1970. The van der Waals surface area contributed by atoms with Crippen LogP contribution < -0.4 is 17.0 Å². The van der Waals surface area contributed by atoms with Gasteiger partial charge in [0.05, 0.1) is 25.9 Å². The summed E-state index contributed by atoms with van der Waals surface area (Å²) in [5.74, 6) is -0.163. The van der Waals surface area contributed by atoms with Gasteiger partial charge in [0, 0.05) is 14.2 Å². The highest BCUT2D eigenvalue weighted by Gasteiger charge is 2.54. The topological polar surface area (TPSA) is 308 Å². The molecular formula is C22H28N10O13P2. The van der Waals surface area contributed by atoms with Crippen LogP contribution in [0.4, 0.5) is 11.8 Å². The van der Waals surface area contributed by atoms with Gasteiger partial charge in [-0.15, -0.1) is 0 Å². The van der Waals surface area contributed by atoms with Crippen molar-refractivity contribution in [3.05, 3.63) is 29.3 Å². The molecule has 3 aliphatic heterocycles. The Hall–Kier alpha value is -3.44. The van der Waals surface area contributed by atoms with E-state index in [0.717, 1.165) is 14.2 Å². The van der Waals surface area contributed by atoms with Gasteiger partial charge in [0.1, 0.15) is 48.5 Å². The van der Waals surface area contributed by atoms with Gasteiger partial charge < -0.3 is 31.2 Å². The molecule has 0 saturated carbocycles. The van der Waals surface area contributed by atoms with E-state index < -0.39 is 83.5 Å². The summed E-state index contributed by atoms with van der Waals surface area (Å²) in [6, 6.07) is 0. The molecule has 2 bridgehead atoms. The predicted octanol–water partition coefficient (Wildman–Crippen LogP) is -1.03. The second-order valence-corrected chi connectivity index (χ2v) is 13.9. The number of imidazole rings is 2. The summed E-state index contributed by atoms with van der Waals surface area (Å²) in [5, 5.41) is 22.6. The number of phosphoric ester groups is 2. The van der Waals surface area contributed by atoms with E-state index in [0.29, 0.717) is 0 Å². The zero-order valence-corrected chi connectivity index (χ0v) is 26.1. The maximum Gasteiger partial charge on any atom is 0.475 e. The minimum absolute atomic E-state index is 0.0464. The maximum absolute atomic E-state index is 13.9. The van der Waals surface area contributed by atoms with E-state index in [1.165, 1.54) is 28.1 Å². The molecule has 7 heterocycles. The van der Waals surface area contributed by atoms with Gasteiger partial charge in [-0.3, -0.25) is 46.1 Å². The monoisotopic (exact) mass is 702 g/mol. The number of aromatic nitrogens is 8. The van der Waals surface area contributed by atoms with Crippen LogP contribution >= 0.6 is 15.6 Å². The third-order valence-electron chi connectivity index (χ3n) is 7.75. The second-order valence-electron chi connectivity index (χ2n) is 10.5. The number of hydrogen-bond acceptors (Lipinski definition) is 20. The number of aliphatic hydroxyl groups is 2. The number of aromatic amines is 1. The Morgan fingerprint density at radius 3 is 2.17 bits per heavy atom. The molecule has 0 spiro atoms. The molecule has 3 fully saturated rings. The van der Waals surface area contributed by atoms with Crippen molar-refractivity contribution < 1.29 is 56.0 Å². The fourth-order valence-corrected chi connectivity index (χ4v) is 7.72. The third-order valence-corrected chi connectivity index (χ3v) is 10.6. The van der Waals surface area contributed by atoms with Crippen LogP contribution in [0.1, 0.15) is 12.5 Å². The zero-order valence-electron chi connectivity index (χ0n) is 24.3. The first-order chi connectivity index (χ1) is 22.4. The highest BCUT2D eigenvalue weighted by molar-refractivity contribution is 7.48. The molecule has 7 rings (SSSR count). The number of anilines is 2. The van der Waals surface area contributed by atoms with Crippen LogP contribution in [0, 0.1) is 0 Å². The lowest BCUT2D eigenvalue weighted by atomic mass is 10.1. The van der Waals surface area contributed by atoms with Gasteiger partial charge in [0.2, 0.25) is 5.95 Å². The number of ether oxygens (including phenoxy) is 2. The highest BCUT2D eigenvalue weighted by atomic mass is 31.2. The molecule has 0 aliphatic carbocycles. The van der Waals surface area contributed by atoms with Crippen molar-refractivity contribution >= 4 is 49.7 Å². The van der Waals surface area contributed by atoms with Gasteiger partial charge in [-0.05, 0) is 0 Å². The number of hydrogen-bond donors (Lipinski definition) is 5. The molecule has 4 aromatic rings. The average Bonchev–Trinajstić information content (AvgIpc) is 3.81. The van der Waals surface area contributed by atoms with E-state index in [1.54, 1.807) is 0 Å². The van der Waals surface area contributed by atoms with E-state index in [-0.39, 0.29) is 34.1 Å². The summed E-state index contributed by atoms with van der Waals surface area (Å²) in [7, 11) is -7.05. The van der Waals surface area contributed by atoms with Gasteiger partial charge >= 0.3 is 15.6 Å². The molecule has 10 atom stereocenters. The first-order valence-corrected chi connectivity index (χ1v) is 16.7. The molecular weight excluding hydrogens is 674 g/mol. The van der Waals surface area contributed by atoms with Crippen LogP contribution in [-0.4, -0.2) is 113 Å². The summed E-state index contributed by atoms with van der Waals surface area (Å²) < 4.78 is 75.0. The van der Waals surface area contributed by atoms with E-state index >= 15 is 0 Å². The number of nitrogens with zero attached hydrogens (tertiary/aromatic N) is 7. The van der Waals surface area contributed by atoms with Crippen LogP contribution in [0.25, 0.3) is 22.3 Å². The number of H-pyrrole nitrogens is 1. The van der Waals surface area contributed by atoms with E-state index in [4.69, 9.17) is 48.1 Å². The van der Waals surface area contributed by atoms with Crippen molar-refractivity contribution in [3.8, 4) is 0 Å². The molecule has 7 N–H and O–H groups in total. The number of nitrogens with two attached hydrogens (primary N) is 2. The standard InChI is InChI=1S/C22H28N10O13P2/c1-38-46(36)40-3-8-12(33)15(21(42-8)31-6-27-10-16(23)25-5-26-17(10)31)45-47(37,39-2)41-4-9-14(44-46)13(34)20(43-9)32-7-28-11-18(32)29-22(24)30-19(11)35/h5-9,12-15,20-21,33-34H,3-4H2,1-2H3,(H2,23,25,26)(H3,24,29,30,35)/t8-,9-,12?,13+,14?,15+,20-,21-,46?,47?/m1/s1. The summed E-state index contributed by atoms with van der Waals surface area (Å²) in [4.78, 5) is 35.0. The number of fused-ring (bicyclic) bond motifs is 5. The van der Waals surface area contributed by atoms with Crippen molar-refractivity contribution in [1.29, 1.82) is 0 Å². The van der Waals surface area contributed by atoms with Crippen LogP contribution in [0.15, 0.2) is 23.8 Å². The van der Waals surface area contributed by atoms with Crippen LogP contribution in [0.2, 0.25) is 0 Å². The predicted molar refractivity (Wildman–Crippen MR) is 153 cm³/mol. The Morgan fingerprint density at radius 1 is 0.851 bits per heavy atom. The number of phosphoric acid groups is 2. The summed E-state index contributed by atoms with van der Waals surface area (Å²) in [6.45, 7) is -1.27. The summed E-state index contributed by atoms with van der Waals surface area (Å²) >= 11 is 0. The molecule has 23 nitrogen and oxygen atoms in total. The first-order valence-electron chi connectivity index (χ1n) is 13.7. The smallest absolute Gasteiger partial charge is 0.387 e. The second kappa shape index (κ2) is 11.9. The lowest BCUT2D eigenvalue weighted by molar-refractivity contribution is -0.0690. The van der Waals surface area contributed by atoms with Crippen molar-refractivity contribution in [1.82, 2.24) is 39.0 Å². The Morgan fingerprint density at radius 2 is 1.47 bits per heavy atom. The number of nitrogens with one attached hydrogen (secondary N) is 1.